The van der Waals surface area contributed by atoms with Crippen molar-refractivity contribution in [3.05, 3.63) is 66.2 Å². The molecule has 2 aromatic carbocycles. The Hall–Kier alpha value is -2.68. The average Bonchev–Trinajstić information content (AvgIpc) is 2.78. The molecule has 1 aliphatic heterocycles. The van der Waals surface area contributed by atoms with Gasteiger partial charge in [0.15, 0.2) is 6.61 Å². The average molecular weight is 458 g/mol. The molecule has 0 bridgehead atoms. The van der Waals surface area contributed by atoms with Gasteiger partial charge in [0.05, 0.1) is 4.90 Å². The van der Waals surface area contributed by atoms with Crippen LogP contribution in [0, 0.1) is 0 Å². The van der Waals surface area contributed by atoms with Crippen molar-refractivity contribution in [1.29, 1.82) is 0 Å². The van der Waals surface area contributed by atoms with E-state index in [-0.39, 0.29) is 23.5 Å². The minimum atomic E-state index is -3.54. The quantitative estimate of drug-likeness (QED) is 0.626. The Morgan fingerprint density at radius 3 is 2.31 bits per heavy atom. The molecule has 0 atom stereocenters. The number of nitrogens with zero attached hydrogens (tertiary/aromatic N) is 2. The molecule has 2 aromatic rings. The molecule has 0 saturated carbocycles. The summed E-state index contributed by atoms with van der Waals surface area (Å²) in [4.78, 5) is 16.8. The highest BCUT2D eigenvalue weighted by molar-refractivity contribution is 7.89. The number of carbonyl (C=O) groups excluding carboxylic acids is 1. The summed E-state index contributed by atoms with van der Waals surface area (Å²) in [6.45, 7) is 7.29. The van der Waals surface area contributed by atoms with Gasteiger partial charge in [-0.05, 0) is 43.7 Å². The van der Waals surface area contributed by atoms with Gasteiger partial charge in [0.25, 0.3) is 5.91 Å². The SMILES string of the molecule is CC(C)NS(=O)(=O)c1ccc(OCC(=O)N2CCN(C/C=C/c3ccccc3)CC2)cc1. The maximum atomic E-state index is 12.5. The number of nitrogens with one attached hydrogen (secondary N) is 1. The summed E-state index contributed by atoms with van der Waals surface area (Å²) in [5, 5.41) is 0. The van der Waals surface area contributed by atoms with Crippen LogP contribution >= 0.6 is 0 Å². The van der Waals surface area contributed by atoms with Gasteiger partial charge in [0.1, 0.15) is 5.75 Å². The second-order valence-electron chi connectivity index (χ2n) is 8.03. The van der Waals surface area contributed by atoms with Gasteiger partial charge in [0.2, 0.25) is 10.0 Å². The van der Waals surface area contributed by atoms with Crippen LogP contribution < -0.4 is 9.46 Å². The van der Waals surface area contributed by atoms with Crippen molar-refractivity contribution >= 4 is 22.0 Å². The number of benzene rings is 2. The topological polar surface area (TPSA) is 78.9 Å². The van der Waals surface area contributed by atoms with E-state index in [9.17, 15) is 13.2 Å². The van der Waals surface area contributed by atoms with Crippen LogP contribution in [0.15, 0.2) is 65.6 Å². The smallest absolute Gasteiger partial charge is 0.260 e. The van der Waals surface area contributed by atoms with Gasteiger partial charge in [0, 0.05) is 38.8 Å². The molecule has 172 valence electrons. The first kappa shape index (κ1) is 24.0. The number of ether oxygens (including phenoxy) is 1. The Bertz CT molecular complexity index is 997. The highest BCUT2D eigenvalue weighted by atomic mass is 32.2. The molecule has 7 nitrogen and oxygen atoms in total. The summed E-state index contributed by atoms with van der Waals surface area (Å²) in [7, 11) is -3.54. The minimum Gasteiger partial charge on any atom is -0.484 e. The van der Waals surface area contributed by atoms with Crippen molar-refractivity contribution < 1.29 is 17.9 Å². The second-order valence-corrected chi connectivity index (χ2v) is 9.74. The summed E-state index contributed by atoms with van der Waals surface area (Å²) in [5.74, 6) is 0.397. The van der Waals surface area contributed by atoms with E-state index >= 15 is 0 Å². The van der Waals surface area contributed by atoms with Gasteiger partial charge in [-0.15, -0.1) is 0 Å². The molecule has 1 fully saturated rings. The largest absolute Gasteiger partial charge is 0.484 e. The molecule has 3 rings (SSSR count). The third-order valence-electron chi connectivity index (χ3n) is 5.09. The summed E-state index contributed by atoms with van der Waals surface area (Å²) in [6.07, 6.45) is 4.26. The third-order valence-corrected chi connectivity index (χ3v) is 6.76. The maximum absolute atomic E-state index is 12.5. The van der Waals surface area contributed by atoms with E-state index in [1.807, 2.05) is 23.1 Å². The van der Waals surface area contributed by atoms with E-state index in [0.717, 1.165) is 19.6 Å². The molecule has 0 aliphatic carbocycles. The summed E-state index contributed by atoms with van der Waals surface area (Å²) in [5.41, 5.74) is 1.18. The lowest BCUT2D eigenvalue weighted by Crippen LogP contribution is -2.49. The van der Waals surface area contributed by atoms with Crippen LogP contribution in [0.3, 0.4) is 0 Å². The Morgan fingerprint density at radius 2 is 1.69 bits per heavy atom. The standard InChI is InChI=1S/C24H31N3O4S/c1-20(2)25-32(29,30)23-12-10-22(11-13-23)31-19-24(28)27-17-15-26(16-18-27)14-6-9-21-7-4-3-5-8-21/h3-13,20,25H,14-19H2,1-2H3/b9-6+. The van der Waals surface area contributed by atoms with Gasteiger partial charge < -0.3 is 9.64 Å². The Balaban J connectivity index is 1.41. The van der Waals surface area contributed by atoms with Crippen LogP contribution in [0.5, 0.6) is 5.75 Å². The highest BCUT2D eigenvalue weighted by Gasteiger charge is 2.21. The third kappa shape index (κ3) is 7.19. The van der Waals surface area contributed by atoms with Crippen LogP contribution in [-0.2, 0) is 14.8 Å². The van der Waals surface area contributed by atoms with E-state index in [0.29, 0.717) is 18.8 Å². The molecule has 32 heavy (non-hydrogen) atoms. The lowest BCUT2D eigenvalue weighted by molar-refractivity contribution is -0.135. The highest BCUT2D eigenvalue weighted by Crippen LogP contribution is 2.16. The van der Waals surface area contributed by atoms with Crippen LogP contribution in [0.2, 0.25) is 0 Å². The summed E-state index contributed by atoms with van der Waals surface area (Å²) in [6, 6.07) is 16.1. The zero-order valence-electron chi connectivity index (χ0n) is 18.6. The zero-order valence-corrected chi connectivity index (χ0v) is 19.4. The molecule has 0 spiro atoms. The van der Waals surface area contributed by atoms with Crippen molar-refractivity contribution in [3.63, 3.8) is 0 Å². The van der Waals surface area contributed by atoms with Gasteiger partial charge in [-0.2, -0.15) is 0 Å². The van der Waals surface area contributed by atoms with Crippen molar-refractivity contribution in [1.82, 2.24) is 14.5 Å². The van der Waals surface area contributed by atoms with Gasteiger partial charge in [-0.3, -0.25) is 9.69 Å². The fourth-order valence-electron chi connectivity index (χ4n) is 3.41. The Kier molecular flexibility index (Phi) is 8.44. The minimum absolute atomic E-state index is 0.0652. The number of carbonyl (C=O) groups is 1. The first-order valence-corrected chi connectivity index (χ1v) is 12.3. The lowest BCUT2D eigenvalue weighted by atomic mass is 10.2. The van der Waals surface area contributed by atoms with E-state index in [4.69, 9.17) is 4.74 Å². The Labute approximate surface area is 190 Å². The van der Waals surface area contributed by atoms with Crippen LogP contribution in [0.25, 0.3) is 6.08 Å². The number of piperazine rings is 1. The predicted molar refractivity (Wildman–Crippen MR) is 126 cm³/mol. The number of sulfonamides is 1. The number of hydrogen-bond acceptors (Lipinski definition) is 5. The van der Waals surface area contributed by atoms with Crippen molar-refractivity contribution in [2.75, 3.05) is 39.3 Å². The van der Waals surface area contributed by atoms with Crippen LogP contribution in [-0.4, -0.2) is 69.5 Å². The molecule has 1 aliphatic rings. The first-order valence-electron chi connectivity index (χ1n) is 10.8. The van der Waals surface area contributed by atoms with Crippen molar-refractivity contribution in [3.8, 4) is 5.75 Å². The molecular formula is C24H31N3O4S. The van der Waals surface area contributed by atoms with Crippen molar-refractivity contribution in [2.24, 2.45) is 0 Å². The van der Waals surface area contributed by atoms with E-state index in [1.54, 1.807) is 26.0 Å². The molecule has 1 heterocycles. The normalized spacial score (nSPS) is 15.4. The number of rotatable bonds is 9. The molecule has 1 N–H and O–H groups in total. The van der Waals surface area contributed by atoms with Crippen molar-refractivity contribution in [2.45, 2.75) is 24.8 Å². The fraction of sp³-hybridized carbons (Fsp3) is 0.375. The van der Waals surface area contributed by atoms with E-state index < -0.39 is 10.0 Å². The molecule has 1 saturated heterocycles. The fourth-order valence-corrected chi connectivity index (χ4v) is 4.66. The first-order chi connectivity index (χ1) is 15.3. The Morgan fingerprint density at radius 1 is 1.03 bits per heavy atom. The zero-order chi connectivity index (χ0) is 23.0. The molecule has 8 heteroatoms. The molecule has 0 radical (unpaired) electrons. The monoisotopic (exact) mass is 457 g/mol. The van der Waals surface area contributed by atoms with Crippen LogP contribution in [0.4, 0.5) is 0 Å². The molecule has 1 amide bonds. The molecular weight excluding hydrogens is 426 g/mol. The van der Waals surface area contributed by atoms with Gasteiger partial charge >= 0.3 is 0 Å². The van der Waals surface area contributed by atoms with E-state index in [2.05, 4.69) is 33.9 Å². The maximum Gasteiger partial charge on any atom is 0.260 e. The number of amides is 1. The second kappa shape index (κ2) is 11.3. The van der Waals surface area contributed by atoms with E-state index in [1.165, 1.54) is 17.7 Å². The van der Waals surface area contributed by atoms with Crippen LogP contribution in [0.1, 0.15) is 19.4 Å². The summed E-state index contributed by atoms with van der Waals surface area (Å²) >= 11 is 0. The molecule has 0 aromatic heterocycles. The number of hydrogen-bond donors (Lipinski definition) is 1. The molecule has 0 unspecified atom stereocenters. The van der Waals surface area contributed by atoms with Gasteiger partial charge in [-0.1, -0.05) is 42.5 Å². The summed E-state index contributed by atoms with van der Waals surface area (Å²) < 4.78 is 32.5. The van der Waals surface area contributed by atoms with Gasteiger partial charge in [-0.25, -0.2) is 13.1 Å². The lowest BCUT2D eigenvalue weighted by Gasteiger charge is -2.34. The predicted octanol–water partition coefficient (Wildman–Crippen LogP) is 2.61.